The van der Waals surface area contributed by atoms with Crippen LogP contribution in [-0.4, -0.2) is 31.3 Å². The molecule has 96 valence electrons. The number of carbonyl (C=O) groups excluding carboxylic acids is 2. The molecule has 0 aromatic rings. The van der Waals surface area contributed by atoms with Crippen molar-refractivity contribution in [3.63, 3.8) is 0 Å². The van der Waals surface area contributed by atoms with Gasteiger partial charge in [0.05, 0.1) is 24.4 Å². The highest BCUT2D eigenvalue weighted by molar-refractivity contribution is 6.06. The van der Waals surface area contributed by atoms with E-state index < -0.39 is 35.2 Å². The molecule has 0 aromatic carbocycles. The first kappa shape index (κ1) is 13.5. The van der Waals surface area contributed by atoms with E-state index in [0.29, 0.717) is 0 Å². The zero-order valence-corrected chi connectivity index (χ0v) is 9.26. The van der Waals surface area contributed by atoms with Crippen molar-refractivity contribution in [2.75, 3.05) is 13.2 Å². The van der Waals surface area contributed by atoms with Crippen molar-refractivity contribution in [2.24, 2.45) is 5.92 Å². The maximum atomic E-state index is 12.5. The summed E-state index contributed by atoms with van der Waals surface area (Å²) in [4.78, 5) is 22.4. The van der Waals surface area contributed by atoms with Crippen LogP contribution in [0, 0.1) is 5.92 Å². The third-order valence-electron chi connectivity index (χ3n) is 2.11. The number of hydrogen-bond donors (Lipinski definition) is 0. The van der Waals surface area contributed by atoms with Gasteiger partial charge in [0.15, 0.2) is 0 Å². The Labute approximate surface area is 95.4 Å². The molecule has 1 unspecified atom stereocenters. The summed E-state index contributed by atoms with van der Waals surface area (Å²) in [6.45, 7) is 2.84. The van der Waals surface area contributed by atoms with Crippen molar-refractivity contribution in [3.8, 4) is 0 Å². The van der Waals surface area contributed by atoms with E-state index in [-0.39, 0.29) is 13.2 Å². The van der Waals surface area contributed by atoms with Gasteiger partial charge in [0.1, 0.15) is 5.92 Å². The van der Waals surface area contributed by atoms with Crippen LogP contribution in [-0.2, 0) is 19.1 Å². The fraction of sp³-hybridized carbons (Fsp3) is 0.600. The van der Waals surface area contributed by atoms with Crippen LogP contribution in [0.4, 0.5) is 13.2 Å². The summed E-state index contributed by atoms with van der Waals surface area (Å²) in [5.74, 6) is -3.80. The molecule has 4 nitrogen and oxygen atoms in total. The van der Waals surface area contributed by atoms with Crippen molar-refractivity contribution in [3.05, 3.63) is 11.1 Å². The molecule has 1 atom stereocenters. The molecule has 0 radical (unpaired) electrons. The second-order valence-corrected chi connectivity index (χ2v) is 3.23. The summed E-state index contributed by atoms with van der Waals surface area (Å²) in [6.07, 6.45) is -4.71. The Balaban J connectivity index is 2.85. The Morgan fingerprint density at radius 1 is 1.18 bits per heavy atom. The number of hydrogen-bond acceptors (Lipinski definition) is 4. The topological polar surface area (TPSA) is 52.6 Å². The standard InChI is InChI=1S/C10H11F3O4/c1-3-16-8(14)5-6(9(15)17-4-2)7(5)10(11,12)13/h5H,3-4H2,1-2H3. The molecule has 0 saturated heterocycles. The van der Waals surface area contributed by atoms with Gasteiger partial charge in [-0.25, -0.2) is 4.79 Å². The van der Waals surface area contributed by atoms with Crippen molar-refractivity contribution in [2.45, 2.75) is 20.0 Å². The predicted molar refractivity (Wildman–Crippen MR) is 49.8 cm³/mol. The first-order valence-electron chi connectivity index (χ1n) is 4.99. The number of carbonyl (C=O) groups is 2. The molecule has 0 aromatic heterocycles. The highest BCUT2D eigenvalue weighted by Crippen LogP contribution is 2.50. The van der Waals surface area contributed by atoms with Crippen LogP contribution < -0.4 is 0 Å². The average molecular weight is 252 g/mol. The van der Waals surface area contributed by atoms with E-state index in [4.69, 9.17) is 0 Å². The lowest BCUT2D eigenvalue weighted by Crippen LogP contribution is -2.16. The maximum Gasteiger partial charge on any atom is 0.414 e. The van der Waals surface area contributed by atoms with Crippen molar-refractivity contribution < 1.29 is 32.2 Å². The smallest absolute Gasteiger partial charge is 0.414 e. The number of rotatable bonds is 4. The van der Waals surface area contributed by atoms with Crippen LogP contribution >= 0.6 is 0 Å². The van der Waals surface area contributed by atoms with E-state index in [1.165, 1.54) is 13.8 Å². The fourth-order valence-electron chi connectivity index (χ4n) is 1.44. The molecule has 0 saturated carbocycles. The lowest BCUT2D eigenvalue weighted by molar-refractivity contribution is -0.148. The summed E-state index contributed by atoms with van der Waals surface area (Å²) in [5.41, 5.74) is -1.80. The van der Waals surface area contributed by atoms with E-state index in [1.54, 1.807) is 0 Å². The molecule has 1 aliphatic carbocycles. The maximum absolute atomic E-state index is 12.5. The van der Waals surface area contributed by atoms with Crippen LogP contribution in [0.25, 0.3) is 0 Å². The Morgan fingerprint density at radius 2 is 1.71 bits per heavy atom. The summed E-state index contributed by atoms with van der Waals surface area (Å²) >= 11 is 0. The monoisotopic (exact) mass is 252 g/mol. The van der Waals surface area contributed by atoms with E-state index in [1.807, 2.05) is 0 Å². The Hall–Kier alpha value is -1.53. The lowest BCUT2D eigenvalue weighted by atomic mass is 10.2. The molecule has 0 heterocycles. The highest BCUT2D eigenvalue weighted by Gasteiger charge is 2.60. The molecule has 1 aliphatic rings. The molecule has 0 spiro atoms. The average Bonchev–Trinajstić information content (AvgIpc) is 2.92. The van der Waals surface area contributed by atoms with Gasteiger partial charge in [-0.2, -0.15) is 13.2 Å². The van der Waals surface area contributed by atoms with Gasteiger partial charge in [-0.3, -0.25) is 4.79 Å². The van der Waals surface area contributed by atoms with Gasteiger partial charge < -0.3 is 9.47 Å². The largest absolute Gasteiger partial charge is 0.465 e. The molecular weight excluding hydrogens is 241 g/mol. The lowest BCUT2D eigenvalue weighted by Gasteiger charge is -2.03. The van der Waals surface area contributed by atoms with E-state index in [2.05, 4.69) is 9.47 Å². The number of alkyl halides is 3. The van der Waals surface area contributed by atoms with Crippen LogP contribution in [0.3, 0.4) is 0 Å². The van der Waals surface area contributed by atoms with Crippen LogP contribution in [0.2, 0.25) is 0 Å². The van der Waals surface area contributed by atoms with Gasteiger partial charge in [0.25, 0.3) is 0 Å². The molecular formula is C10H11F3O4. The third-order valence-corrected chi connectivity index (χ3v) is 2.11. The first-order chi connectivity index (χ1) is 7.84. The Morgan fingerprint density at radius 3 is 2.12 bits per heavy atom. The van der Waals surface area contributed by atoms with Gasteiger partial charge in [-0.1, -0.05) is 0 Å². The number of esters is 2. The van der Waals surface area contributed by atoms with Gasteiger partial charge >= 0.3 is 18.1 Å². The minimum Gasteiger partial charge on any atom is -0.465 e. The third kappa shape index (κ3) is 2.78. The molecule has 7 heteroatoms. The molecule has 0 amide bonds. The Kier molecular flexibility index (Phi) is 3.79. The molecule has 0 fully saturated rings. The highest BCUT2D eigenvalue weighted by atomic mass is 19.4. The number of ether oxygens (including phenoxy) is 2. The molecule has 0 bridgehead atoms. The van der Waals surface area contributed by atoms with E-state index >= 15 is 0 Å². The van der Waals surface area contributed by atoms with E-state index in [0.717, 1.165) is 0 Å². The summed E-state index contributed by atoms with van der Waals surface area (Å²) < 4.78 is 46.3. The predicted octanol–water partition coefficient (Wildman–Crippen LogP) is 1.60. The Bertz CT molecular complexity index is 370. The van der Waals surface area contributed by atoms with Crippen LogP contribution in [0.5, 0.6) is 0 Å². The SMILES string of the molecule is CCOC(=O)C1=C(C(F)(F)F)C1C(=O)OCC. The summed E-state index contributed by atoms with van der Waals surface area (Å²) in [6, 6.07) is 0. The summed E-state index contributed by atoms with van der Waals surface area (Å²) in [7, 11) is 0. The van der Waals surface area contributed by atoms with E-state index in [9.17, 15) is 22.8 Å². The normalized spacial score (nSPS) is 19.0. The molecule has 17 heavy (non-hydrogen) atoms. The fourth-order valence-corrected chi connectivity index (χ4v) is 1.44. The molecule has 1 rings (SSSR count). The van der Waals surface area contributed by atoms with Crippen molar-refractivity contribution in [1.29, 1.82) is 0 Å². The van der Waals surface area contributed by atoms with Gasteiger partial charge in [0.2, 0.25) is 0 Å². The second kappa shape index (κ2) is 4.77. The van der Waals surface area contributed by atoms with Gasteiger partial charge in [0, 0.05) is 0 Å². The molecule has 0 aliphatic heterocycles. The minimum absolute atomic E-state index is 0.0451. The summed E-state index contributed by atoms with van der Waals surface area (Å²) in [5, 5.41) is 0. The second-order valence-electron chi connectivity index (χ2n) is 3.23. The van der Waals surface area contributed by atoms with Crippen molar-refractivity contribution >= 4 is 11.9 Å². The first-order valence-corrected chi connectivity index (χ1v) is 4.99. The van der Waals surface area contributed by atoms with Gasteiger partial charge in [-0.15, -0.1) is 0 Å². The quantitative estimate of drug-likeness (QED) is 0.713. The number of halogens is 3. The minimum atomic E-state index is -4.71. The zero-order chi connectivity index (χ0) is 13.2. The van der Waals surface area contributed by atoms with Crippen LogP contribution in [0.15, 0.2) is 11.1 Å². The molecule has 0 N–H and O–H groups in total. The van der Waals surface area contributed by atoms with Gasteiger partial charge in [-0.05, 0) is 13.8 Å². The van der Waals surface area contributed by atoms with Crippen molar-refractivity contribution in [1.82, 2.24) is 0 Å². The van der Waals surface area contributed by atoms with Crippen LogP contribution in [0.1, 0.15) is 13.8 Å². The zero-order valence-electron chi connectivity index (χ0n) is 9.26.